The van der Waals surface area contributed by atoms with E-state index >= 15 is 0 Å². The quantitative estimate of drug-likeness (QED) is 0.872. The lowest BCUT2D eigenvalue weighted by molar-refractivity contribution is 0.0945. The van der Waals surface area contributed by atoms with Gasteiger partial charge in [0.2, 0.25) is 0 Å². The highest BCUT2D eigenvalue weighted by Gasteiger charge is 2.16. The van der Waals surface area contributed by atoms with E-state index in [4.69, 9.17) is 4.74 Å². The summed E-state index contributed by atoms with van der Waals surface area (Å²) < 4.78 is 5.30. The summed E-state index contributed by atoms with van der Waals surface area (Å²) in [5.74, 6) is 1.09. The van der Waals surface area contributed by atoms with Crippen molar-refractivity contribution < 1.29 is 9.53 Å². The molecule has 1 aliphatic heterocycles. The van der Waals surface area contributed by atoms with E-state index in [0.717, 1.165) is 31.7 Å². The molecule has 5 heteroatoms. The number of carbonyl (C=O) groups excluding carboxylic acids is 1. The molecule has 1 aromatic heterocycles. The van der Waals surface area contributed by atoms with Gasteiger partial charge in [0.1, 0.15) is 11.5 Å². The molecule has 18 heavy (non-hydrogen) atoms. The fraction of sp³-hybridized carbons (Fsp3) is 0.615. The lowest BCUT2D eigenvalue weighted by Gasteiger charge is -2.09. The fourth-order valence-corrected chi connectivity index (χ4v) is 2.12. The number of aryl methyl sites for hydroxylation is 2. The van der Waals surface area contributed by atoms with Crippen LogP contribution in [0, 0.1) is 19.8 Å². The maximum absolute atomic E-state index is 11.9. The summed E-state index contributed by atoms with van der Waals surface area (Å²) in [6, 6.07) is 1.71. The van der Waals surface area contributed by atoms with E-state index < -0.39 is 0 Å². The van der Waals surface area contributed by atoms with Crippen molar-refractivity contribution in [2.75, 3.05) is 19.8 Å². The van der Waals surface area contributed by atoms with Gasteiger partial charge in [-0.2, -0.15) is 0 Å². The largest absolute Gasteiger partial charge is 0.381 e. The minimum absolute atomic E-state index is 0.123. The van der Waals surface area contributed by atoms with Crippen molar-refractivity contribution in [3.05, 3.63) is 23.3 Å². The van der Waals surface area contributed by atoms with Crippen LogP contribution in [0.3, 0.4) is 0 Å². The first kappa shape index (κ1) is 13.0. The molecule has 0 aliphatic carbocycles. The first-order valence-electron chi connectivity index (χ1n) is 6.33. The van der Waals surface area contributed by atoms with Crippen molar-refractivity contribution in [1.29, 1.82) is 0 Å². The molecule has 1 saturated heterocycles. The molecule has 1 aromatic rings. The second kappa shape index (κ2) is 5.91. The van der Waals surface area contributed by atoms with E-state index in [2.05, 4.69) is 15.3 Å². The number of rotatable bonds is 4. The molecule has 0 bridgehead atoms. The zero-order valence-corrected chi connectivity index (χ0v) is 10.9. The van der Waals surface area contributed by atoms with E-state index in [9.17, 15) is 4.79 Å². The molecule has 1 unspecified atom stereocenters. The number of carbonyl (C=O) groups is 1. The van der Waals surface area contributed by atoms with Crippen molar-refractivity contribution in [3.8, 4) is 0 Å². The summed E-state index contributed by atoms with van der Waals surface area (Å²) in [7, 11) is 0. The third kappa shape index (κ3) is 3.50. The van der Waals surface area contributed by atoms with Gasteiger partial charge in [-0.1, -0.05) is 0 Å². The third-order valence-electron chi connectivity index (χ3n) is 3.06. The maximum Gasteiger partial charge on any atom is 0.270 e. The Morgan fingerprint density at radius 3 is 3.00 bits per heavy atom. The van der Waals surface area contributed by atoms with Gasteiger partial charge in [-0.15, -0.1) is 0 Å². The number of ether oxygens (including phenoxy) is 1. The Kier molecular flexibility index (Phi) is 4.25. The Labute approximate surface area is 107 Å². The summed E-state index contributed by atoms with van der Waals surface area (Å²) in [6.45, 7) is 6.00. The van der Waals surface area contributed by atoms with Crippen LogP contribution in [0.15, 0.2) is 6.07 Å². The zero-order valence-electron chi connectivity index (χ0n) is 10.9. The zero-order chi connectivity index (χ0) is 13.0. The van der Waals surface area contributed by atoms with Gasteiger partial charge in [0.15, 0.2) is 0 Å². The smallest absolute Gasteiger partial charge is 0.270 e. The minimum Gasteiger partial charge on any atom is -0.381 e. The second-order valence-electron chi connectivity index (χ2n) is 4.72. The first-order chi connectivity index (χ1) is 8.65. The number of aromatic nitrogens is 2. The Morgan fingerprint density at radius 2 is 2.33 bits per heavy atom. The average Bonchev–Trinajstić information content (AvgIpc) is 2.80. The number of hydrogen-bond acceptors (Lipinski definition) is 4. The molecule has 2 rings (SSSR count). The van der Waals surface area contributed by atoms with Crippen molar-refractivity contribution in [1.82, 2.24) is 15.3 Å². The Morgan fingerprint density at radius 1 is 1.50 bits per heavy atom. The number of nitrogens with one attached hydrogen (secondary N) is 1. The van der Waals surface area contributed by atoms with Gasteiger partial charge in [0, 0.05) is 25.5 Å². The predicted molar refractivity (Wildman–Crippen MR) is 67.4 cm³/mol. The molecule has 1 N–H and O–H groups in total. The van der Waals surface area contributed by atoms with Crippen molar-refractivity contribution >= 4 is 5.91 Å². The maximum atomic E-state index is 11.9. The fourth-order valence-electron chi connectivity index (χ4n) is 2.12. The van der Waals surface area contributed by atoms with Crippen LogP contribution in [-0.2, 0) is 4.74 Å². The highest BCUT2D eigenvalue weighted by molar-refractivity contribution is 5.92. The standard InChI is InChI=1S/C13H19N3O2/c1-9-7-12(16-10(2)15-9)13(17)14-5-3-11-4-6-18-8-11/h7,11H,3-6,8H2,1-2H3,(H,14,17). The highest BCUT2D eigenvalue weighted by Crippen LogP contribution is 2.15. The summed E-state index contributed by atoms with van der Waals surface area (Å²) in [5, 5.41) is 2.90. The average molecular weight is 249 g/mol. The van der Waals surface area contributed by atoms with E-state index in [-0.39, 0.29) is 5.91 Å². The van der Waals surface area contributed by atoms with E-state index in [1.807, 2.05) is 6.92 Å². The van der Waals surface area contributed by atoms with Crippen LogP contribution in [-0.4, -0.2) is 35.6 Å². The van der Waals surface area contributed by atoms with Crippen LogP contribution in [0.25, 0.3) is 0 Å². The second-order valence-corrected chi connectivity index (χ2v) is 4.72. The predicted octanol–water partition coefficient (Wildman–Crippen LogP) is 1.25. The molecule has 1 amide bonds. The molecular formula is C13H19N3O2. The molecule has 0 radical (unpaired) electrons. The topological polar surface area (TPSA) is 64.1 Å². The van der Waals surface area contributed by atoms with Crippen LogP contribution in [0.2, 0.25) is 0 Å². The normalized spacial score (nSPS) is 18.9. The van der Waals surface area contributed by atoms with E-state index in [1.165, 1.54) is 0 Å². The van der Waals surface area contributed by atoms with Crippen LogP contribution in [0.4, 0.5) is 0 Å². The molecule has 0 saturated carbocycles. The first-order valence-corrected chi connectivity index (χ1v) is 6.33. The van der Waals surface area contributed by atoms with Gasteiger partial charge in [-0.3, -0.25) is 4.79 Å². The SMILES string of the molecule is Cc1cc(C(=O)NCCC2CCOC2)nc(C)n1. The van der Waals surface area contributed by atoms with Crippen molar-refractivity contribution in [2.24, 2.45) is 5.92 Å². The number of hydrogen-bond donors (Lipinski definition) is 1. The van der Waals surface area contributed by atoms with Gasteiger partial charge in [-0.25, -0.2) is 9.97 Å². The highest BCUT2D eigenvalue weighted by atomic mass is 16.5. The van der Waals surface area contributed by atoms with Crippen LogP contribution >= 0.6 is 0 Å². The van der Waals surface area contributed by atoms with E-state index in [0.29, 0.717) is 24.0 Å². The minimum atomic E-state index is -0.123. The Balaban J connectivity index is 1.83. The van der Waals surface area contributed by atoms with Gasteiger partial charge in [-0.05, 0) is 38.7 Å². The number of amides is 1. The number of nitrogens with zero attached hydrogens (tertiary/aromatic N) is 2. The molecule has 98 valence electrons. The molecule has 5 nitrogen and oxygen atoms in total. The van der Waals surface area contributed by atoms with E-state index in [1.54, 1.807) is 13.0 Å². The lowest BCUT2D eigenvalue weighted by atomic mass is 10.1. The van der Waals surface area contributed by atoms with Gasteiger partial charge in [0.05, 0.1) is 0 Å². The molecule has 2 heterocycles. The Hall–Kier alpha value is -1.49. The Bertz CT molecular complexity index is 408. The summed E-state index contributed by atoms with van der Waals surface area (Å²) in [5.41, 5.74) is 1.26. The summed E-state index contributed by atoms with van der Waals surface area (Å²) in [6.07, 6.45) is 2.07. The van der Waals surface area contributed by atoms with Crippen molar-refractivity contribution in [2.45, 2.75) is 26.7 Å². The van der Waals surface area contributed by atoms with Crippen LogP contribution in [0.1, 0.15) is 34.8 Å². The van der Waals surface area contributed by atoms with Gasteiger partial charge < -0.3 is 10.1 Å². The van der Waals surface area contributed by atoms with Crippen LogP contribution < -0.4 is 5.32 Å². The lowest BCUT2D eigenvalue weighted by Crippen LogP contribution is -2.27. The third-order valence-corrected chi connectivity index (χ3v) is 3.06. The summed E-state index contributed by atoms with van der Waals surface area (Å²) >= 11 is 0. The summed E-state index contributed by atoms with van der Waals surface area (Å²) in [4.78, 5) is 20.2. The monoisotopic (exact) mass is 249 g/mol. The molecule has 1 fully saturated rings. The van der Waals surface area contributed by atoms with Gasteiger partial charge in [0.25, 0.3) is 5.91 Å². The molecule has 0 spiro atoms. The van der Waals surface area contributed by atoms with Crippen LogP contribution in [0.5, 0.6) is 0 Å². The van der Waals surface area contributed by atoms with Crippen molar-refractivity contribution in [3.63, 3.8) is 0 Å². The molecule has 1 aliphatic rings. The van der Waals surface area contributed by atoms with Gasteiger partial charge >= 0.3 is 0 Å². The molecule has 1 atom stereocenters. The molecular weight excluding hydrogens is 230 g/mol. The molecule has 0 aromatic carbocycles.